The Balaban J connectivity index is 2.97. The highest BCUT2D eigenvalue weighted by molar-refractivity contribution is 6.22. The first-order valence-corrected chi connectivity index (χ1v) is 4.58. The fourth-order valence-electron chi connectivity index (χ4n) is 1.12. The van der Waals surface area contributed by atoms with Crippen molar-refractivity contribution in [2.75, 3.05) is 0 Å². The number of ether oxygens (including phenoxy) is 1. The average molecular weight is 235 g/mol. The van der Waals surface area contributed by atoms with Crippen LogP contribution < -0.4 is 0 Å². The summed E-state index contributed by atoms with van der Waals surface area (Å²) < 4.78 is 30.3. The molecule has 0 saturated carbocycles. The highest BCUT2D eigenvalue weighted by Crippen LogP contribution is 2.37. The van der Waals surface area contributed by atoms with Crippen molar-refractivity contribution in [2.24, 2.45) is 0 Å². The Morgan fingerprint density at radius 2 is 1.93 bits per heavy atom. The third kappa shape index (κ3) is 3.47. The van der Waals surface area contributed by atoms with Gasteiger partial charge in [-0.15, -0.1) is 0 Å². The van der Waals surface area contributed by atoms with Crippen LogP contribution in [0.2, 0.25) is 0 Å². The van der Waals surface area contributed by atoms with Gasteiger partial charge in [-0.05, 0) is 17.2 Å². The van der Waals surface area contributed by atoms with Gasteiger partial charge in [0.25, 0.3) is 0 Å². The van der Waals surface area contributed by atoms with Crippen molar-refractivity contribution in [2.45, 2.75) is 18.4 Å². The van der Waals surface area contributed by atoms with E-state index in [-0.39, 0.29) is 5.56 Å². The van der Waals surface area contributed by atoms with Gasteiger partial charge in [-0.25, -0.2) is 0 Å². The molecule has 0 fully saturated rings. The van der Waals surface area contributed by atoms with Crippen LogP contribution in [-0.4, -0.2) is 11.4 Å². The van der Waals surface area contributed by atoms with Crippen molar-refractivity contribution in [1.29, 1.82) is 0 Å². The summed E-state index contributed by atoms with van der Waals surface area (Å²) in [5.74, 6) is -0.802. The molecule has 2 nitrogen and oxygen atoms in total. The molecule has 0 aliphatic carbocycles. The van der Waals surface area contributed by atoms with E-state index in [9.17, 15) is 13.6 Å². The maximum absolute atomic E-state index is 12.9. The zero-order valence-electron chi connectivity index (χ0n) is 7.91. The molecule has 0 heterocycles. The van der Waals surface area contributed by atoms with E-state index in [1.165, 1.54) is 12.1 Å². The van der Waals surface area contributed by atoms with Crippen LogP contribution in [-0.2, 0) is 9.53 Å². The number of carbonyl (C=O) groups is 1. The zero-order valence-corrected chi connectivity index (χ0v) is 8.67. The maximum Gasteiger partial charge on any atom is 0.362 e. The van der Waals surface area contributed by atoms with Gasteiger partial charge in [0.05, 0.1) is 0 Å². The molecule has 1 atom stereocenters. The molecule has 0 saturated heterocycles. The first-order chi connectivity index (χ1) is 6.91. The Bertz CT molecular complexity index is 335. The van der Waals surface area contributed by atoms with E-state index in [1.807, 2.05) is 0 Å². The molecular weight excluding hydrogens is 226 g/mol. The molecule has 0 N–H and O–H groups in total. The van der Waals surface area contributed by atoms with Crippen LogP contribution in [0.3, 0.4) is 0 Å². The minimum atomic E-state index is -3.62. The Morgan fingerprint density at radius 1 is 1.40 bits per heavy atom. The van der Waals surface area contributed by atoms with Gasteiger partial charge < -0.3 is 4.74 Å². The molecule has 0 aliphatic rings. The molecule has 1 unspecified atom stereocenters. The molecule has 1 rings (SSSR count). The second kappa shape index (κ2) is 4.57. The summed E-state index contributed by atoms with van der Waals surface area (Å²) >= 11 is 4.87. The molecule has 1 aromatic rings. The summed E-state index contributed by atoms with van der Waals surface area (Å²) in [5, 5.41) is -3.62. The SMILES string of the molecule is CC(=O)OC(c1ccccc1)C(F)(F)Cl. The molecule has 1 aromatic carbocycles. The molecular formula is C10H9ClF2O2. The number of hydrogen-bond donors (Lipinski definition) is 0. The van der Waals surface area contributed by atoms with Crippen molar-refractivity contribution in [3.05, 3.63) is 35.9 Å². The Morgan fingerprint density at radius 3 is 2.33 bits per heavy atom. The van der Waals surface area contributed by atoms with E-state index < -0.39 is 17.5 Å². The van der Waals surface area contributed by atoms with E-state index in [0.29, 0.717) is 0 Å². The lowest BCUT2D eigenvalue weighted by Gasteiger charge is -2.21. The molecule has 5 heteroatoms. The van der Waals surface area contributed by atoms with Crippen molar-refractivity contribution >= 4 is 17.6 Å². The lowest BCUT2D eigenvalue weighted by atomic mass is 10.1. The lowest BCUT2D eigenvalue weighted by molar-refractivity contribution is -0.159. The number of rotatable bonds is 3. The molecule has 0 spiro atoms. The molecule has 0 amide bonds. The number of hydrogen-bond acceptors (Lipinski definition) is 2. The van der Waals surface area contributed by atoms with Crippen LogP contribution in [0.5, 0.6) is 0 Å². The van der Waals surface area contributed by atoms with Crippen LogP contribution in [0.4, 0.5) is 8.78 Å². The predicted molar refractivity (Wildman–Crippen MR) is 51.7 cm³/mol. The van der Waals surface area contributed by atoms with E-state index in [0.717, 1.165) is 6.92 Å². The molecule has 0 aliphatic heterocycles. The van der Waals surface area contributed by atoms with Crippen LogP contribution in [0.15, 0.2) is 30.3 Å². The summed E-state index contributed by atoms with van der Waals surface area (Å²) in [6.07, 6.45) is -1.75. The Labute approximate surface area is 90.8 Å². The van der Waals surface area contributed by atoms with E-state index >= 15 is 0 Å². The van der Waals surface area contributed by atoms with Crippen molar-refractivity contribution in [3.63, 3.8) is 0 Å². The molecule has 0 bridgehead atoms. The van der Waals surface area contributed by atoms with Gasteiger partial charge in [0.2, 0.25) is 6.10 Å². The fraction of sp³-hybridized carbons (Fsp3) is 0.300. The third-order valence-corrected chi connectivity index (χ3v) is 1.88. The zero-order chi connectivity index (χ0) is 11.5. The summed E-state index contributed by atoms with van der Waals surface area (Å²) in [6, 6.07) is 7.64. The second-order valence-corrected chi connectivity index (χ2v) is 3.45. The van der Waals surface area contributed by atoms with E-state index in [1.54, 1.807) is 18.2 Å². The topological polar surface area (TPSA) is 26.3 Å². The lowest BCUT2D eigenvalue weighted by Crippen LogP contribution is -2.24. The number of esters is 1. The van der Waals surface area contributed by atoms with Gasteiger partial charge in [0, 0.05) is 6.92 Å². The predicted octanol–water partition coefficient (Wildman–Crippen LogP) is 3.12. The summed E-state index contributed by atoms with van der Waals surface area (Å²) in [7, 11) is 0. The van der Waals surface area contributed by atoms with Crippen LogP contribution in [0.25, 0.3) is 0 Å². The van der Waals surface area contributed by atoms with Crippen molar-refractivity contribution in [3.8, 4) is 0 Å². The smallest absolute Gasteiger partial charge is 0.362 e. The quantitative estimate of drug-likeness (QED) is 0.593. The minimum Gasteiger partial charge on any atom is -0.450 e. The third-order valence-electron chi connectivity index (χ3n) is 1.68. The van der Waals surface area contributed by atoms with Gasteiger partial charge in [-0.1, -0.05) is 30.3 Å². The minimum absolute atomic E-state index is 0.160. The number of carbonyl (C=O) groups excluding carboxylic acids is 1. The maximum atomic E-state index is 12.9. The molecule has 0 aromatic heterocycles. The van der Waals surface area contributed by atoms with Gasteiger partial charge in [-0.3, -0.25) is 4.79 Å². The number of halogens is 3. The summed E-state index contributed by atoms with van der Waals surface area (Å²) in [6.45, 7) is 1.05. The number of alkyl halides is 3. The number of benzene rings is 1. The second-order valence-electron chi connectivity index (χ2n) is 2.94. The highest BCUT2D eigenvalue weighted by Gasteiger charge is 2.41. The summed E-state index contributed by atoms with van der Waals surface area (Å²) in [5.41, 5.74) is 0.160. The largest absolute Gasteiger partial charge is 0.450 e. The molecule has 0 radical (unpaired) electrons. The van der Waals surface area contributed by atoms with Gasteiger partial charge >= 0.3 is 11.4 Å². The van der Waals surface area contributed by atoms with Gasteiger partial charge in [0.1, 0.15) is 0 Å². The molecule has 82 valence electrons. The van der Waals surface area contributed by atoms with Gasteiger partial charge in [-0.2, -0.15) is 8.78 Å². The van der Waals surface area contributed by atoms with Crippen LogP contribution in [0.1, 0.15) is 18.6 Å². The molecule has 15 heavy (non-hydrogen) atoms. The van der Waals surface area contributed by atoms with Gasteiger partial charge in [0.15, 0.2) is 0 Å². The van der Waals surface area contributed by atoms with Crippen molar-refractivity contribution < 1.29 is 18.3 Å². The van der Waals surface area contributed by atoms with Crippen molar-refractivity contribution in [1.82, 2.24) is 0 Å². The first-order valence-electron chi connectivity index (χ1n) is 4.20. The monoisotopic (exact) mass is 234 g/mol. The summed E-state index contributed by atoms with van der Waals surface area (Å²) in [4.78, 5) is 10.7. The standard InChI is InChI=1S/C10H9ClF2O2/c1-7(14)15-9(10(11,12)13)8-5-3-2-4-6-8/h2-6,9H,1H3. The Hall–Kier alpha value is -1.16. The van der Waals surface area contributed by atoms with Crippen LogP contribution in [0, 0.1) is 0 Å². The normalized spacial score (nSPS) is 13.3. The fourth-order valence-corrected chi connectivity index (χ4v) is 1.29. The first kappa shape index (κ1) is 11.9. The van der Waals surface area contributed by atoms with Crippen LogP contribution >= 0.6 is 11.6 Å². The average Bonchev–Trinajstić information content (AvgIpc) is 2.14. The van der Waals surface area contributed by atoms with E-state index in [2.05, 4.69) is 4.74 Å². The highest BCUT2D eigenvalue weighted by atomic mass is 35.5. The Kier molecular flexibility index (Phi) is 3.63. The van der Waals surface area contributed by atoms with E-state index in [4.69, 9.17) is 11.6 Å².